The van der Waals surface area contributed by atoms with Gasteiger partial charge in [-0.25, -0.2) is 0 Å². The second-order valence-corrected chi connectivity index (χ2v) is 6.10. The zero-order valence-electron chi connectivity index (χ0n) is 13.6. The van der Waals surface area contributed by atoms with Crippen molar-refractivity contribution < 1.29 is 9.90 Å². The Morgan fingerprint density at radius 1 is 1.12 bits per heavy atom. The molecule has 0 unspecified atom stereocenters. The van der Waals surface area contributed by atoms with Crippen molar-refractivity contribution in [3.8, 4) is 0 Å². The summed E-state index contributed by atoms with van der Waals surface area (Å²) in [6.45, 7) is 2.07. The Hall–Kier alpha value is -2.24. The van der Waals surface area contributed by atoms with Crippen molar-refractivity contribution >= 4 is 5.91 Å². The Morgan fingerprint density at radius 3 is 2.46 bits per heavy atom. The number of hydrogen-bond donors (Lipinski definition) is 2. The lowest BCUT2D eigenvalue weighted by molar-refractivity contribution is -0.135. The highest BCUT2D eigenvalue weighted by Crippen LogP contribution is 2.20. The van der Waals surface area contributed by atoms with E-state index in [2.05, 4.69) is 10.3 Å². The molecule has 0 spiro atoms. The van der Waals surface area contributed by atoms with E-state index >= 15 is 0 Å². The maximum Gasteiger partial charge on any atom is 0.242 e. The Labute approximate surface area is 142 Å². The second kappa shape index (κ2) is 8.04. The van der Waals surface area contributed by atoms with Crippen LogP contribution in [0, 0.1) is 0 Å². The number of likely N-dealkylation sites (tertiary alicyclic amines) is 1. The van der Waals surface area contributed by atoms with Gasteiger partial charge < -0.3 is 10.0 Å². The molecular weight excluding hydrogens is 302 g/mol. The summed E-state index contributed by atoms with van der Waals surface area (Å²) < 4.78 is 0. The van der Waals surface area contributed by atoms with Gasteiger partial charge in [0.1, 0.15) is 12.1 Å². The molecule has 2 aromatic rings. The summed E-state index contributed by atoms with van der Waals surface area (Å²) in [4.78, 5) is 18.7. The number of aliphatic hydroxyl groups is 1. The summed E-state index contributed by atoms with van der Waals surface area (Å²) in [6.07, 6.45) is 4.43. The monoisotopic (exact) mass is 325 g/mol. The second-order valence-electron chi connectivity index (χ2n) is 6.10. The molecule has 1 fully saturated rings. The molecule has 5 nitrogen and oxygen atoms in total. The number of aromatic nitrogens is 1. The van der Waals surface area contributed by atoms with E-state index in [1.54, 1.807) is 24.5 Å². The van der Waals surface area contributed by atoms with Gasteiger partial charge in [-0.05, 0) is 36.1 Å². The molecule has 1 saturated heterocycles. The van der Waals surface area contributed by atoms with Crippen molar-refractivity contribution in [3.05, 3.63) is 66.0 Å². The fourth-order valence-electron chi connectivity index (χ4n) is 3.04. The molecule has 2 heterocycles. The van der Waals surface area contributed by atoms with Crippen molar-refractivity contribution in [2.75, 3.05) is 13.1 Å². The summed E-state index contributed by atoms with van der Waals surface area (Å²) >= 11 is 0. The number of rotatable bonds is 6. The van der Waals surface area contributed by atoms with Gasteiger partial charge in [0.25, 0.3) is 0 Å². The lowest BCUT2D eigenvalue weighted by atomic mass is 10.0. The topological polar surface area (TPSA) is 65.5 Å². The smallest absolute Gasteiger partial charge is 0.242 e. The summed E-state index contributed by atoms with van der Waals surface area (Å²) in [5.41, 5.74) is 1.78. The lowest BCUT2D eigenvalue weighted by Crippen LogP contribution is -2.48. The van der Waals surface area contributed by atoms with Crippen LogP contribution >= 0.6 is 0 Å². The molecule has 0 radical (unpaired) electrons. The molecule has 5 heteroatoms. The molecule has 0 bridgehead atoms. The number of amides is 1. The van der Waals surface area contributed by atoms with Gasteiger partial charge in [0.15, 0.2) is 0 Å². The number of aliphatic hydroxyl groups excluding tert-OH is 1. The van der Waals surface area contributed by atoms with Crippen molar-refractivity contribution in [1.29, 1.82) is 0 Å². The Kier molecular flexibility index (Phi) is 5.56. The van der Waals surface area contributed by atoms with Crippen molar-refractivity contribution in [2.45, 2.75) is 31.5 Å². The van der Waals surface area contributed by atoms with Gasteiger partial charge in [0.05, 0.1) is 0 Å². The van der Waals surface area contributed by atoms with E-state index in [0.717, 1.165) is 31.5 Å². The first-order valence-corrected chi connectivity index (χ1v) is 8.40. The molecule has 1 aliphatic heterocycles. The first kappa shape index (κ1) is 16.6. The zero-order chi connectivity index (χ0) is 16.8. The van der Waals surface area contributed by atoms with E-state index in [1.807, 2.05) is 35.2 Å². The Morgan fingerprint density at radius 2 is 1.79 bits per heavy atom. The molecule has 1 aliphatic rings. The van der Waals surface area contributed by atoms with Crippen LogP contribution in [0.15, 0.2) is 54.9 Å². The molecule has 0 saturated carbocycles. The standard InChI is InChI=1S/C19H23N3O2/c23-18(16-8-10-20-11-9-16)17(19(24)22-12-4-5-13-22)21-14-15-6-2-1-3-7-15/h1-3,6-11,17-18,21,23H,4-5,12-14H2/t17-,18+/m1/s1. The summed E-state index contributed by atoms with van der Waals surface area (Å²) in [6, 6.07) is 12.7. The van der Waals surface area contributed by atoms with Crippen LogP contribution in [0.4, 0.5) is 0 Å². The number of nitrogens with zero attached hydrogens (tertiary/aromatic N) is 2. The van der Waals surface area contributed by atoms with Crippen LogP contribution in [0.25, 0.3) is 0 Å². The molecule has 126 valence electrons. The van der Waals surface area contributed by atoms with E-state index in [1.165, 1.54) is 0 Å². The van der Waals surface area contributed by atoms with Gasteiger partial charge >= 0.3 is 0 Å². The molecular formula is C19H23N3O2. The van der Waals surface area contributed by atoms with E-state index in [-0.39, 0.29) is 5.91 Å². The predicted octanol–water partition coefficient (Wildman–Crippen LogP) is 1.90. The number of benzene rings is 1. The quantitative estimate of drug-likeness (QED) is 0.851. The van der Waals surface area contributed by atoms with E-state index in [4.69, 9.17) is 0 Å². The average molecular weight is 325 g/mol. The molecule has 2 N–H and O–H groups in total. The fraction of sp³-hybridized carbons (Fsp3) is 0.368. The SMILES string of the molecule is O=C([C@H](NCc1ccccc1)[C@@H](O)c1ccncc1)N1CCCC1. The lowest BCUT2D eigenvalue weighted by Gasteiger charge is -2.28. The van der Waals surface area contributed by atoms with Crippen molar-refractivity contribution in [2.24, 2.45) is 0 Å². The maximum absolute atomic E-state index is 12.9. The number of pyridine rings is 1. The minimum atomic E-state index is -0.898. The Balaban J connectivity index is 1.76. The van der Waals surface area contributed by atoms with Crippen LogP contribution in [0.5, 0.6) is 0 Å². The van der Waals surface area contributed by atoms with E-state index < -0.39 is 12.1 Å². The molecule has 1 aromatic heterocycles. The predicted molar refractivity (Wildman–Crippen MR) is 92.1 cm³/mol. The molecule has 0 aliphatic carbocycles. The number of carbonyl (C=O) groups is 1. The first-order valence-electron chi connectivity index (χ1n) is 8.40. The van der Waals surface area contributed by atoms with Crippen LogP contribution in [-0.4, -0.2) is 40.0 Å². The van der Waals surface area contributed by atoms with Gasteiger partial charge in [0, 0.05) is 32.0 Å². The largest absolute Gasteiger partial charge is 0.386 e. The summed E-state index contributed by atoms with van der Waals surface area (Å²) in [5, 5.41) is 14.0. The fourth-order valence-corrected chi connectivity index (χ4v) is 3.04. The number of hydrogen-bond acceptors (Lipinski definition) is 4. The third-order valence-electron chi connectivity index (χ3n) is 4.42. The molecule has 3 rings (SSSR count). The number of nitrogens with one attached hydrogen (secondary N) is 1. The maximum atomic E-state index is 12.9. The highest BCUT2D eigenvalue weighted by Gasteiger charge is 2.32. The third kappa shape index (κ3) is 3.99. The van der Waals surface area contributed by atoms with Crippen LogP contribution in [-0.2, 0) is 11.3 Å². The number of carbonyl (C=O) groups excluding carboxylic acids is 1. The molecule has 24 heavy (non-hydrogen) atoms. The van der Waals surface area contributed by atoms with E-state index in [0.29, 0.717) is 12.1 Å². The summed E-state index contributed by atoms with van der Waals surface area (Å²) in [7, 11) is 0. The first-order chi connectivity index (χ1) is 11.8. The average Bonchev–Trinajstić information content (AvgIpc) is 3.18. The minimum absolute atomic E-state index is 0.0345. The zero-order valence-corrected chi connectivity index (χ0v) is 13.6. The highest BCUT2D eigenvalue weighted by molar-refractivity contribution is 5.83. The van der Waals surface area contributed by atoms with Crippen LogP contribution in [0.3, 0.4) is 0 Å². The van der Waals surface area contributed by atoms with Gasteiger partial charge in [-0.2, -0.15) is 0 Å². The van der Waals surface area contributed by atoms with Crippen molar-refractivity contribution in [3.63, 3.8) is 0 Å². The van der Waals surface area contributed by atoms with Crippen LogP contribution in [0.1, 0.15) is 30.1 Å². The van der Waals surface area contributed by atoms with E-state index in [9.17, 15) is 9.90 Å². The van der Waals surface area contributed by atoms with Crippen molar-refractivity contribution in [1.82, 2.24) is 15.2 Å². The van der Waals surface area contributed by atoms with Gasteiger partial charge in [-0.15, -0.1) is 0 Å². The Bertz CT molecular complexity index is 642. The molecule has 2 atom stereocenters. The molecule has 1 amide bonds. The van der Waals surface area contributed by atoms with Gasteiger partial charge in [-0.1, -0.05) is 30.3 Å². The normalized spacial score (nSPS) is 16.8. The van der Waals surface area contributed by atoms with Crippen LogP contribution < -0.4 is 5.32 Å². The molecule has 1 aromatic carbocycles. The van der Waals surface area contributed by atoms with Gasteiger partial charge in [-0.3, -0.25) is 15.1 Å². The minimum Gasteiger partial charge on any atom is -0.386 e. The third-order valence-corrected chi connectivity index (χ3v) is 4.42. The van der Waals surface area contributed by atoms with Crippen LogP contribution in [0.2, 0.25) is 0 Å². The highest BCUT2D eigenvalue weighted by atomic mass is 16.3. The summed E-state index contributed by atoms with van der Waals surface area (Å²) in [5.74, 6) is -0.0345. The van der Waals surface area contributed by atoms with Gasteiger partial charge in [0.2, 0.25) is 5.91 Å².